The van der Waals surface area contributed by atoms with Crippen molar-refractivity contribution in [1.82, 2.24) is 9.97 Å². The Bertz CT molecular complexity index is 754. The molecule has 3 rings (SSSR count). The first kappa shape index (κ1) is 11.3. The van der Waals surface area contributed by atoms with E-state index in [-0.39, 0.29) is 0 Å². The average Bonchev–Trinajstić information content (AvgIpc) is 3.04. The van der Waals surface area contributed by atoms with E-state index >= 15 is 0 Å². The number of hydrogen-bond donors (Lipinski definition) is 2. The van der Waals surface area contributed by atoms with Gasteiger partial charge in [0, 0.05) is 6.08 Å². The number of aliphatic carboxylic acids is 1. The zero-order valence-corrected chi connectivity index (χ0v) is 9.83. The van der Waals surface area contributed by atoms with Crippen LogP contribution in [0.1, 0.15) is 5.56 Å². The van der Waals surface area contributed by atoms with E-state index in [0.29, 0.717) is 11.6 Å². The third kappa shape index (κ3) is 2.26. The van der Waals surface area contributed by atoms with E-state index in [0.717, 1.165) is 22.7 Å². The van der Waals surface area contributed by atoms with Gasteiger partial charge >= 0.3 is 5.97 Å². The van der Waals surface area contributed by atoms with Gasteiger partial charge in [-0.1, -0.05) is 6.07 Å². The number of nitrogens with one attached hydrogen (secondary N) is 1. The Hall–Kier alpha value is -2.82. The van der Waals surface area contributed by atoms with Crippen LogP contribution < -0.4 is 0 Å². The molecule has 19 heavy (non-hydrogen) atoms. The van der Waals surface area contributed by atoms with E-state index in [1.54, 1.807) is 12.3 Å². The molecule has 2 N–H and O–H groups in total. The Labute approximate surface area is 108 Å². The van der Waals surface area contributed by atoms with Crippen molar-refractivity contribution in [2.75, 3.05) is 0 Å². The van der Waals surface area contributed by atoms with Crippen molar-refractivity contribution in [2.45, 2.75) is 0 Å². The normalized spacial score (nSPS) is 11.4. The van der Waals surface area contributed by atoms with Gasteiger partial charge in [-0.25, -0.2) is 9.78 Å². The summed E-state index contributed by atoms with van der Waals surface area (Å²) in [5.74, 6) is 0.346. The first-order chi connectivity index (χ1) is 9.22. The number of furan rings is 1. The molecule has 0 bridgehead atoms. The van der Waals surface area contributed by atoms with Gasteiger partial charge in [0.2, 0.25) is 0 Å². The second kappa shape index (κ2) is 4.45. The fourth-order valence-corrected chi connectivity index (χ4v) is 1.83. The number of aromatic amines is 1. The van der Waals surface area contributed by atoms with Crippen molar-refractivity contribution < 1.29 is 14.3 Å². The molecule has 5 heteroatoms. The zero-order valence-electron chi connectivity index (χ0n) is 9.83. The molecular formula is C14H10N2O3. The summed E-state index contributed by atoms with van der Waals surface area (Å²) in [5, 5.41) is 8.60. The number of carbonyl (C=O) groups is 1. The minimum atomic E-state index is -0.971. The van der Waals surface area contributed by atoms with Gasteiger partial charge < -0.3 is 14.5 Å². The molecule has 0 saturated heterocycles. The van der Waals surface area contributed by atoms with E-state index in [4.69, 9.17) is 9.52 Å². The lowest BCUT2D eigenvalue weighted by molar-refractivity contribution is -0.131. The molecule has 0 aliphatic carbocycles. The summed E-state index contributed by atoms with van der Waals surface area (Å²) in [7, 11) is 0. The highest BCUT2D eigenvalue weighted by atomic mass is 16.4. The third-order valence-electron chi connectivity index (χ3n) is 2.68. The van der Waals surface area contributed by atoms with Crippen LogP contribution in [-0.2, 0) is 4.79 Å². The van der Waals surface area contributed by atoms with Gasteiger partial charge in [0.15, 0.2) is 11.6 Å². The van der Waals surface area contributed by atoms with Crippen molar-refractivity contribution in [3.05, 3.63) is 48.2 Å². The molecule has 3 aromatic rings. The standard InChI is InChI=1S/C14H10N2O3/c17-13(18)6-4-9-3-5-10-11(8-9)16-14(15-10)12-2-1-7-19-12/h1-8H,(H,15,16)(H,17,18)/b6-4+. The maximum absolute atomic E-state index is 10.5. The fraction of sp³-hybridized carbons (Fsp3) is 0. The van der Waals surface area contributed by atoms with Crippen molar-refractivity contribution in [3.8, 4) is 11.6 Å². The molecule has 0 unspecified atom stereocenters. The fourth-order valence-electron chi connectivity index (χ4n) is 1.83. The second-order valence-corrected chi connectivity index (χ2v) is 4.01. The predicted molar refractivity (Wildman–Crippen MR) is 70.5 cm³/mol. The van der Waals surface area contributed by atoms with Crippen molar-refractivity contribution in [3.63, 3.8) is 0 Å². The Morgan fingerprint density at radius 1 is 1.37 bits per heavy atom. The van der Waals surface area contributed by atoms with Crippen LogP contribution in [0.2, 0.25) is 0 Å². The molecule has 0 aliphatic heterocycles. The minimum Gasteiger partial charge on any atom is -0.478 e. The largest absolute Gasteiger partial charge is 0.478 e. The summed E-state index contributed by atoms with van der Waals surface area (Å²) in [4.78, 5) is 18.0. The lowest BCUT2D eigenvalue weighted by Gasteiger charge is -1.92. The van der Waals surface area contributed by atoms with Gasteiger partial charge in [-0.3, -0.25) is 0 Å². The maximum Gasteiger partial charge on any atom is 0.328 e. The number of hydrogen-bond acceptors (Lipinski definition) is 3. The van der Waals surface area contributed by atoms with Crippen LogP contribution in [0.4, 0.5) is 0 Å². The SMILES string of the molecule is O=C(O)/C=C/c1ccc2nc(-c3ccco3)[nH]c2c1. The van der Waals surface area contributed by atoms with Crippen LogP contribution in [0.5, 0.6) is 0 Å². The molecule has 94 valence electrons. The van der Waals surface area contributed by atoms with E-state index in [2.05, 4.69) is 9.97 Å². The van der Waals surface area contributed by atoms with Gasteiger partial charge in [0.1, 0.15) is 0 Å². The van der Waals surface area contributed by atoms with E-state index in [1.165, 1.54) is 6.08 Å². The van der Waals surface area contributed by atoms with Crippen LogP contribution in [0, 0.1) is 0 Å². The highest BCUT2D eigenvalue weighted by Gasteiger charge is 2.07. The number of carboxylic acids is 1. The molecule has 2 heterocycles. The summed E-state index contributed by atoms with van der Waals surface area (Å²) in [6.07, 6.45) is 4.23. The Morgan fingerprint density at radius 3 is 3.00 bits per heavy atom. The van der Waals surface area contributed by atoms with Gasteiger partial charge in [-0.15, -0.1) is 0 Å². The quantitative estimate of drug-likeness (QED) is 0.704. The van der Waals surface area contributed by atoms with Crippen molar-refractivity contribution in [2.24, 2.45) is 0 Å². The number of H-pyrrole nitrogens is 1. The third-order valence-corrected chi connectivity index (χ3v) is 2.68. The Balaban J connectivity index is 2.02. The molecule has 0 radical (unpaired) electrons. The zero-order chi connectivity index (χ0) is 13.2. The van der Waals surface area contributed by atoms with Crippen LogP contribution in [0.15, 0.2) is 47.1 Å². The predicted octanol–water partition coefficient (Wildman–Crippen LogP) is 2.92. The molecule has 5 nitrogen and oxygen atoms in total. The molecule has 0 amide bonds. The van der Waals surface area contributed by atoms with E-state index in [9.17, 15) is 4.79 Å². The summed E-state index contributed by atoms with van der Waals surface area (Å²) >= 11 is 0. The van der Waals surface area contributed by atoms with Gasteiger partial charge in [-0.2, -0.15) is 0 Å². The number of benzene rings is 1. The van der Waals surface area contributed by atoms with Gasteiger partial charge in [0.05, 0.1) is 17.3 Å². The molecule has 0 spiro atoms. The lowest BCUT2D eigenvalue weighted by Crippen LogP contribution is -1.85. The Morgan fingerprint density at radius 2 is 2.26 bits per heavy atom. The summed E-state index contributed by atoms with van der Waals surface area (Å²) in [6, 6.07) is 9.11. The highest BCUT2D eigenvalue weighted by molar-refractivity contribution is 5.87. The number of imidazole rings is 1. The molecule has 0 saturated carbocycles. The monoisotopic (exact) mass is 254 g/mol. The summed E-state index contributed by atoms with van der Waals surface area (Å²) in [5.41, 5.74) is 2.43. The van der Waals surface area contributed by atoms with Gasteiger partial charge in [0.25, 0.3) is 0 Å². The first-order valence-electron chi connectivity index (χ1n) is 5.67. The first-order valence-corrected chi connectivity index (χ1v) is 5.67. The second-order valence-electron chi connectivity index (χ2n) is 4.01. The van der Waals surface area contributed by atoms with Crippen molar-refractivity contribution >= 4 is 23.1 Å². The molecule has 0 atom stereocenters. The smallest absolute Gasteiger partial charge is 0.328 e. The van der Waals surface area contributed by atoms with Crippen LogP contribution in [-0.4, -0.2) is 21.0 Å². The number of rotatable bonds is 3. The van der Waals surface area contributed by atoms with Crippen molar-refractivity contribution in [1.29, 1.82) is 0 Å². The maximum atomic E-state index is 10.5. The molecule has 1 aromatic carbocycles. The van der Waals surface area contributed by atoms with E-state index < -0.39 is 5.97 Å². The number of nitrogens with zero attached hydrogens (tertiary/aromatic N) is 1. The molecule has 2 aromatic heterocycles. The lowest BCUT2D eigenvalue weighted by atomic mass is 10.2. The van der Waals surface area contributed by atoms with Crippen LogP contribution in [0.25, 0.3) is 28.7 Å². The molecule has 0 aliphatic rings. The van der Waals surface area contributed by atoms with Crippen LogP contribution >= 0.6 is 0 Å². The number of aromatic nitrogens is 2. The van der Waals surface area contributed by atoms with E-state index in [1.807, 2.05) is 24.3 Å². The topological polar surface area (TPSA) is 79.1 Å². The van der Waals surface area contributed by atoms with Gasteiger partial charge in [-0.05, 0) is 35.9 Å². The summed E-state index contributed by atoms with van der Waals surface area (Å²) in [6.45, 7) is 0. The number of fused-ring (bicyclic) bond motifs is 1. The highest BCUT2D eigenvalue weighted by Crippen LogP contribution is 2.21. The average molecular weight is 254 g/mol. The molecular weight excluding hydrogens is 244 g/mol. The molecule has 0 fully saturated rings. The number of carboxylic acid groups (broad SMARTS) is 1. The van der Waals surface area contributed by atoms with Crippen LogP contribution in [0.3, 0.4) is 0 Å². The summed E-state index contributed by atoms with van der Waals surface area (Å²) < 4.78 is 5.27. The Kier molecular flexibility index (Phi) is 2.64. The minimum absolute atomic E-state index is 0.652.